The average molecular weight is 210 g/mol. The van der Waals surface area contributed by atoms with Gasteiger partial charge in [0.05, 0.1) is 6.61 Å². The highest BCUT2D eigenvalue weighted by Crippen LogP contribution is 2.70. The van der Waals surface area contributed by atoms with E-state index in [2.05, 4.69) is 33.8 Å². The number of aliphatic hydroxyl groups is 1. The van der Waals surface area contributed by atoms with Crippen LogP contribution in [0.1, 0.15) is 40.5 Å². The molecule has 0 spiro atoms. The molecule has 86 valence electrons. The van der Waals surface area contributed by atoms with Crippen LogP contribution in [0.4, 0.5) is 0 Å². The molecule has 0 aromatic heterocycles. The lowest BCUT2D eigenvalue weighted by Gasteiger charge is -2.21. The maximum atomic E-state index is 10.3. The molecule has 1 N–H and O–H groups in total. The minimum Gasteiger partial charge on any atom is -0.495 e. The van der Waals surface area contributed by atoms with Crippen LogP contribution in [-0.2, 0) is 4.74 Å². The van der Waals surface area contributed by atoms with Crippen molar-refractivity contribution in [1.29, 1.82) is 0 Å². The summed E-state index contributed by atoms with van der Waals surface area (Å²) in [5.41, 5.74) is 0.433. The van der Waals surface area contributed by atoms with Crippen molar-refractivity contribution in [3.05, 3.63) is 11.8 Å². The van der Waals surface area contributed by atoms with Gasteiger partial charge in [0.2, 0.25) is 0 Å². The van der Waals surface area contributed by atoms with Gasteiger partial charge in [-0.05, 0) is 29.7 Å². The molecule has 2 nitrogen and oxygen atoms in total. The van der Waals surface area contributed by atoms with Crippen LogP contribution in [0.2, 0.25) is 0 Å². The van der Waals surface area contributed by atoms with E-state index in [4.69, 9.17) is 4.74 Å². The zero-order valence-corrected chi connectivity index (χ0v) is 10.2. The number of ether oxygens (including phenoxy) is 1. The Morgan fingerprint density at radius 3 is 2.33 bits per heavy atom. The topological polar surface area (TPSA) is 29.5 Å². The Labute approximate surface area is 92.3 Å². The molecule has 0 aromatic rings. The van der Waals surface area contributed by atoms with E-state index in [-0.39, 0.29) is 10.8 Å². The van der Waals surface area contributed by atoms with E-state index in [1.54, 1.807) is 0 Å². The van der Waals surface area contributed by atoms with Crippen LogP contribution in [-0.4, -0.2) is 17.8 Å². The summed E-state index contributed by atoms with van der Waals surface area (Å²) in [5, 5.41) is 10.3. The first-order valence-corrected chi connectivity index (χ1v) is 5.90. The third kappa shape index (κ3) is 1.50. The van der Waals surface area contributed by atoms with Crippen LogP contribution in [0.5, 0.6) is 0 Å². The van der Waals surface area contributed by atoms with Crippen LogP contribution in [0, 0.1) is 16.7 Å². The molecule has 1 aliphatic heterocycles. The third-order valence-corrected chi connectivity index (χ3v) is 4.70. The highest BCUT2D eigenvalue weighted by molar-refractivity contribution is 5.21. The van der Waals surface area contributed by atoms with Crippen molar-refractivity contribution in [3.63, 3.8) is 0 Å². The Morgan fingerprint density at radius 1 is 1.33 bits per heavy atom. The number of allylic oxidation sites excluding steroid dienone is 1. The molecule has 2 rings (SSSR count). The lowest BCUT2D eigenvalue weighted by Crippen LogP contribution is -2.21. The molecule has 1 heterocycles. The van der Waals surface area contributed by atoms with E-state index < -0.39 is 6.10 Å². The summed E-state index contributed by atoms with van der Waals surface area (Å²) in [6.45, 7) is 9.67. The molecule has 15 heavy (non-hydrogen) atoms. The van der Waals surface area contributed by atoms with Gasteiger partial charge in [0.25, 0.3) is 0 Å². The molecular weight excluding hydrogens is 188 g/mol. The molecule has 2 heteroatoms. The third-order valence-electron chi connectivity index (χ3n) is 4.70. The van der Waals surface area contributed by atoms with Crippen molar-refractivity contribution in [2.24, 2.45) is 16.7 Å². The van der Waals surface area contributed by atoms with Crippen LogP contribution in [0.25, 0.3) is 0 Å². The monoisotopic (exact) mass is 210 g/mol. The molecule has 1 unspecified atom stereocenters. The molecule has 1 atom stereocenters. The number of rotatable bonds is 2. The SMILES string of the molecule is CC1(C)C(C(O)C2=CCCCO2)C1(C)C. The first kappa shape index (κ1) is 11.0. The van der Waals surface area contributed by atoms with Gasteiger partial charge in [0, 0.05) is 5.92 Å². The highest BCUT2D eigenvalue weighted by atomic mass is 16.5. The van der Waals surface area contributed by atoms with Gasteiger partial charge in [-0.3, -0.25) is 0 Å². The van der Waals surface area contributed by atoms with Gasteiger partial charge in [0.1, 0.15) is 11.9 Å². The largest absolute Gasteiger partial charge is 0.495 e. The lowest BCUT2D eigenvalue weighted by atomic mass is 10.0. The van der Waals surface area contributed by atoms with Crippen molar-refractivity contribution in [1.82, 2.24) is 0 Å². The van der Waals surface area contributed by atoms with Crippen molar-refractivity contribution in [2.75, 3.05) is 6.61 Å². The molecule has 1 aliphatic carbocycles. The van der Waals surface area contributed by atoms with E-state index >= 15 is 0 Å². The Balaban J connectivity index is 2.10. The summed E-state index contributed by atoms with van der Waals surface area (Å²) in [6.07, 6.45) is 3.77. The first-order valence-electron chi connectivity index (χ1n) is 5.90. The molecule has 0 bridgehead atoms. The fourth-order valence-electron chi connectivity index (χ4n) is 2.98. The van der Waals surface area contributed by atoms with E-state index in [0.717, 1.165) is 25.2 Å². The molecule has 1 fully saturated rings. The van der Waals surface area contributed by atoms with Crippen molar-refractivity contribution in [3.8, 4) is 0 Å². The highest BCUT2D eigenvalue weighted by Gasteiger charge is 2.67. The van der Waals surface area contributed by atoms with E-state index in [9.17, 15) is 5.11 Å². The fraction of sp³-hybridized carbons (Fsp3) is 0.846. The minimum atomic E-state index is -0.407. The Hall–Kier alpha value is -0.500. The predicted molar refractivity (Wildman–Crippen MR) is 60.3 cm³/mol. The summed E-state index contributed by atoms with van der Waals surface area (Å²) < 4.78 is 5.54. The number of hydrogen-bond acceptors (Lipinski definition) is 2. The Bertz CT molecular complexity index is 275. The predicted octanol–water partition coefficient (Wildman–Crippen LogP) is 2.72. The second-order valence-electron chi connectivity index (χ2n) is 5.96. The zero-order valence-electron chi connectivity index (χ0n) is 10.2. The lowest BCUT2D eigenvalue weighted by molar-refractivity contribution is 0.0675. The first-order chi connectivity index (χ1) is 6.89. The maximum Gasteiger partial charge on any atom is 0.121 e. The average Bonchev–Trinajstić information content (AvgIpc) is 2.58. The summed E-state index contributed by atoms with van der Waals surface area (Å²) in [6, 6.07) is 0. The number of aliphatic hydroxyl groups excluding tert-OH is 1. The molecule has 1 saturated carbocycles. The molecule has 2 aliphatic rings. The van der Waals surface area contributed by atoms with Crippen molar-refractivity contribution in [2.45, 2.75) is 46.6 Å². The van der Waals surface area contributed by atoms with Gasteiger partial charge < -0.3 is 9.84 Å². The van der Waals surface area contributed by atoms with Gasteiger partial charge in [-0.2, -0.15) is 0 Å². The molecule has 0 aromatic carbocycles. The van der Waals surface area contributed by atoms with E-state index in [1.165, 1.54) is 0 Å². The summed E-state index contributed by atoms with van der Waals surface area (Å²) in [7, 11) is 0. The second kappa shape index (κ2) is 3.24. The summed E-state index contributed by atoms with van der Waals surface area (Å²) in [5.74, 6) is 1.14. The summed E-state index contributed by atoms with van der Waals surface area (Å²) >= 11 is 0. The van der Waals surface area contributed by atoms with Crippen LogP contribution in [0.15, 0.2) is 11.8 Å². The molecule has 0 amide bonds. The van der Waals surface area contributed by atoms with Crippen molar-refractivity contribution < 1.29 is 9.84 Å². The second-order valence-corrected chi connectivity index (χ2v) is 5.96. The van der Waals surface area contributed by atoms with E-state index in [0.29, 0.717) is 5.92 Å². The molecule has 0 radical (unpaired) electrons. The smallest absolute Gasteiger partial charge is 0.121 e. The van der Waals surface area contributed by atoms with Crippen molar-refractivity contribution >= 4 is 0 Å². The fourth-order valence-corrected chi connectivity index (χ4v) is 2.98. The van der Waals surface area contributed by atoms with Gasteiger partial charge >= 0.3 is 0 Å². The van der Waals surface area contributed by atoms with Gasteiger partial charge in [-0.15, -0.1) is 0 Å². The minimum absolute atomic E-state index is 0.216. The van der Waals surface area contributed by atoms with Gasteiger partial charge in [0.15, 0.2) is 0 Å². The zero-order chi connectivity index (χ0) is 11.3. The van der Waals surface area contributed by atoms with Crippen LogP contribution in [0.3, 0.4) is 0 Å². The van der Waals surface area contributed by atoms with Crippen LogP contribution < -0.4 is 0 Å². The summed E-state index contributed by atoms with van der Waals surface area (Å²) in [4.78, 5) is 0. The Kier molecular flexibility index (Phi) is 2.38. The maximum absolute atomic E-state index is 10.3. The van der Waals surface area contributed by atoms with E-state index in [1.807, 2.05) is 0 Å². The van der Waals surface area contributed by atoms with Crippen LogP contribution >= 0.6 is 0 Å². The normalized spacial score (nSPS) is 30.3. The Morgan fingerprint density at radius 2 is 1.93 bits per heavy atom. The standard InChI is InChI=1S/C13H22O2/c1-12(2)11(13(12,3)4)10(14)9-7-5-6-8-15-9/h7,10-11,14H,5-6,8H2,1-4H3. The number of hydrogen-bond donors (Lipinski definition) is 1. The van der Waals surface area contributed by atoms with Gasteiger partial charge in [-0.1, -0.05) is 27.7 Å². The molecular formula is C13H22O2. The molecule has 0 saturated heterocycles. The quantitative estimate of drug-likeness (QED) is 0.759. The van der Waals surface area contributed by atoms with Gasteiger partial charge in [-0.25, -0.2) is 0 Å².